The molecule has 4 fully saturated rings. The highest BCUT2D eigenvalue weighted by Gasteiger charge is 2.60. The fraction of sp³-hybridized carbons (Fsp3) is 0.737. The van der Waals surface area contributed by atoms with E-state index in [9.17, 15) is 17.2 Å². The van der Waals surface area contributed by atoms with Crippen LogP contribution in [-0.2, 0) is 20.7 Å². The van der Waals surface area contributed by atoms with Gasteiger partial charge in [0, 0.05) is 50.0 Å². The molecule has 1 saturated carbocycles. The molecule has 154 valence electrons. The minimum Gasteiger partial charge on any atom is -0.380 e. The van der Waals surface area contributed by atoms with Crippen LogP contribution >= 0.6 is 0 Å². The predicted molar refractivity (Wildman–Crippen MR) is 97.6 cm³/mol. The summed E-state index contributed by atoms with van der Waals surface area (Å²) in [5.41, 5.74) is 0.212. The Balaban J connectivity index is 1.20. The minimum atomic E-state index is -3.69. The van der Waals surface area contributed by atoms with E-state index in [0.29, 0.717) is 24.5 Å². The number of pyridine rings is 1. The van der Waals surface area contributed by atoms with Crippen molar-refractivity contribution in [2.24, 2.45) is 10.8 Å². The lowest BCUT2D eigenvalue weighted by Crippen LogP contribution is -2.76. The van der Waals surface area contributed by atoms with Gasteiger partial charge in [-0.05, 0) is 31.9 Å². The van der Waals surface area contributed by atoms with E-state index in [4.69, 9.17) is 4.74 Å². The van der Waals surface area contributed by atoms with Crippen molar-refractivity contribution in [2.45, 2.75) is 43.5 Å². The molecule has 0 aromatic carbocycles. The van der Waals surface area contributed by atoms with Gasteiger partial charge in [0.05, 0.1) is 18.9 Å². The zero-order valence-electron chi connectivity index (χ0n) is 16.1. The van der Waals surface area contributed by atoms with Crippen molar-refractivity contribution < 1.29 is 21.9 Å². The van der Waals surface area contributed by atoms with Gasteiger partial charge in [0.2, 0.25) is 10.0 Å². The van der Waals surface area contributed by atoms with Gasteiger partial charge < -0.3 is 4.74 Å². The molecule has 2 spiro atoms. The van der Waals surface area contributed by atoms with E-state index >= 15 is 0 Å². The summed E-state index contributed by atoms with van der Waals surface area (Å²) in [7, 11) is -3.69. The average Bonchev–Trinajstić information content (AvgIpc) is 2.42. The summed E-state index contributed by atoms with van der Waals surface area (Å²) in [6.45, 7) is 6.90. The Morgan fingerprint density at radius 2 is 1.79 bits per heavy atom. The number of aryl methyl sites for hydroxylation is 1. The number of sulfonamides is 1. The highest BCUT2D eigenvalue weighted by molar-refractivity contribution is 7.89. The van der Waals surface area contributed by atoms with Crippen molar-refractivity contribution in [1.82, 2.24) is 14.2 Å². The molecule has 0 atom stereocenters. The van der Waals surface area contributed by atoms with Crippen molar-refractivity contribution in [1.29, 1.82) is 0 Å². The van der Waals surface area contributed by atoms with E-state index in [-0.39, 0.29) is 16.0 Å². The quantitative estimate of drug-likeness (QED) is 0.756. The van der Waals surface area contributed by atoms with Crippen LogP contribution in [-0.4, -0.2) is 68.0 Å². The summed E-state index contributed by atoms with van der Waals surface area (Å²) in [4.78, 5) is 6.32. The number of halogens is 2. The fourth-order valence-electron chi connectivity index (χ4n) is 5.17. The first kappa shape index (κ1) is 18.8. The standard InChI is InChI=1S/C19H25F2N3O3S/c1-13-15(3-4-16(22-13)17(2,20)21)28(25,26)24-9-19(10-24)7-23(8-19)14-5-18(6-14)11-27-12-18/h3-4,14H,5-12H2,1-2H3. The Hall–Kier alpha value is -1.16. The normalized spacial score (nSPS) is 27.1. The molecule has 0 radical (unpaired) electrons. The molecule has 3 aliphatic heterocycles. The molecule has 0 N–H and O–H groups in total. The van der Waals surface area contributed by atoms with E-state index < -0.39 is 21.6 Å². The van der Waals surface area contributed by atoms with Gasteiger partial charge in [-0.1, -0.05) is 0 Å². The number of ether oxygens (including phenoxy) is 1. The summed E-state index contributed by atoms with van der Waals surface area (Å²) in [5, 5.41) is 0. The number of likely N-dealkylation sites (tertiary alicyclic amines) is 1. The maximum absolute atomic E-state index is 13.4. The van der Waals surface area contributed by atoms with Crippen molar-refractivity contribution >= 4 is 10.0 Å². The summed E-state index contributed by atoms with van der Waals surface area (Å²) >= 11 is 0. The van der Waals surface area contributed by atoms with Gasteiger partial charge in [-0.25, -0.2) is 8.42 Å². The number of alkyl halides is 2. The lowest BCUT2D eigenvalue weighted by Gasteiger charge is -2.65. The Morgan fingerprint density at radius 3 is 2.29 bits per heavy atom. The Bertz CT molecular complexity index is 905. The topological polar surface area (TPSA) is 62.7 Å². The minimum absolute atomic E-state index is 0.0254. The van der Waals surface area contributed by atoms with E-state index in [0.717, 1.165) is 39.3 Å². The van der Waals surface area contributed by atoms with E-state index in [1.165, 1.54) is 30.1 Å². The van der Waals surface area contributed by atoms with Gasteiger partial charge >= 0.3 is 0 Å². The molecular weight excluding hydrogens is 388 g/mol. The van der Waals surface area contributed by atoms with Crippen LogP contribution in [0.5, 0.6) is 0 Å². The van der Waals surface area contributed by atoms with Crippen LogP contribution in [0.25, 0.3) is 0 Å². The van der Waals surface area contributed by atoms with Gasteiger partial charge in [-0.15, -0.1) is 0 Å². The zero-order valence-corrected chi connectivity index (χ0v) is 16.9. The van der Waals surface area contributed by atoms with Crippen LogP contribution in [0, 0.1) is 17.8 Å². The molecule has 3 saturated heterocycles. The maximum Gasteiger partial charge on any atom is 0.286 e. The second kappa shape index (κ2) is 5.71. The van der Waals surface area contributed by atoms with Crippen molar-refractivity contribution in [2.75, 3.05) is 39.4 Å². The molecule has 4 heterocycles. The molecule has 4 aliphatic rings. The lowest BCUT2D eigenvalue weighted by atomic mass is 9.61. The molecule has 5 rings (SSSR count). The molecular formula is C19H25F2N3O3S. The van der Waals surface area contributed by atoms with E-state index in [1.54, 1.807) is 0 Å². The van der Waals surface area contributed by atoms with Crippen molar-refractivity contribution in [3.63, 3.8) is 0 Å². The SMILES string of the molecule is Cc1nc(C(C)(F)F)ccc1S(=O)(=O)N1CC2(CN(C3CC4(COC4)C3)C2)C1. The van der Waals surface area contributed by atoms with Gasteiger partial charge in [-0.2, -0.15) is 13.1 Å². The summed E-state index contributed by atoms with van der Waals surface area (Å²) in [6.07, 6.45) is 2.40. The molecule has 1 aromatic rings. The van der Waals surface area contributed by atoms with Crippen LogP contribution in [0.1, 0.15) is 31.2 Å². The van der Waals surface area contributed by atoms with Crippen molar-refractivity contribution in [3.8, 4) is 0 Å². The molecule has 28 heavy (non-hydrogen) atoms. The molecule has 0 bridgehead atoms. The van der Waals surface area contributed by atoms with Gasteiger partial charge in [0.25, 0.3) is 5.92 Å². The molecule has 6 nitrogen and oxygen atoms in total. The summed E-state index contributed by atoms with van der Waals surface area (Å²) in [5.74, 6) is -3.09. The van der Waals surface area contributed by atoms with Gasteiger partial charge in [0.15, 0.2) is 0 Å². The third-order valence-corrected chi connectivity index (χ3v) is 8.80. The number of rotatable bonds is 4. The third kappa shape index (κ3) is 2.74. The van der Waals surface area contributed by atoms with E-state index in [1.807, 2.05) is 0 Å². The highest BCUT2D eigenvalue weighted by Crippen LogP contribution is 2.53. The summed E-state index contributed by atoms with van der Waals surface area (Å²) < 4.78 is 59.5. The number of nitrogens with zero attached hydrogens (tertiary/aromatic N) is 3. The average molecular weight is 413 g/mol. The first-order valence-electron chi connectivity index (χ1n) is 9.70. The van der Waals surface area contributed by atoms with Crippen LogP contribution in [0.3, 0.4) is 0 Å². The first-order chi connectivity index (χ1) is 13.0. The Labute approximate surface area is 163 Å². The number of hydrogen-bond acceptors (Lipinski definition) is 5. The predicted octanol–water partition coefficient (Wildman–Crippen LogP) is 1.99. The molecule has 1 aliphatic carbocycles. The van der Waals surface area contributed by atoms with Gasteiger partial charge in [-0.3, -0.25) is 9.88 Å². The Morgan fingerprint density at radius 1 is 1.14 bits per heavy atom. The molecule has 9 heteroatoms. The lowest BCUT2D eigenvalue weighted by molar-refractivity contribution is -0.211. The smallest absolute Gasteiger partial charge is 0.286 e. The van der Waals surface area contributed by atoms with Gasteiger partial charge in [0.1, 0.15) is 10.6 Å². The number of aromatic nitrogens is 1. The van der Waals surface area contributed by atoms with Crippen LogP contribution in [0.2, 0.25) is 0 Å². The highest BCUT2D eigenvalue weighted by atomic mass is 32.2. The fourth-order valence-corrected chi connectivity index (χ4v) is 7.00. The van der Waals surface area contributed by atoms with Crippen LogP contribution < -0.4 is 0 Å². The first-order valence-corrected chi connectivity index (χ1v) is 11.1. The second-order valence-corrected chi connectivity index (χ2v) is 11.3. The number of hydrogen-bond donors (Lipinski definition) is 0. The zero-order chi connectivity index (χ0) is 19.9. The van der Waals surface area contributed by atoms with Crippen molar-refractivity contribution in [3.05, 3.63) is 23.5 Å². The molecule has 1 aromatic heterocycles. The van der Waals surface area contributed by atoms with Crippen LogP contribution in [0.15, 0.2) is 17.0 Å². The third-order valence-electron chi connectivity index (χ3n) is 6.88. The Kier molecular flexibility index (Phi) is 3.84. The maximum atomic E-state index is 13.4. The second-order valence-electron chi connectivity index (χ2n) is 9.40. The summed E-state index contributed by atoms with van der Waals surface area (Å²) in [6, 6.07) is 2.99. The molecule has 0 amide bonds. The largest absolute Gasteiger partial charge is 0.380 e. The monoisotopic (exact) mass is 413 g/mol. The molecule has 0 unspecified atom stereocenters. The van der Waals surface area contributed by atoms with Crippen LogP contribution in [0.4, 0.5) is 8.78 Å². The van der Waals surface area contributed by atoms with E-state index in [2.05, 4.69) is 9.88 Å².